The van der Waals surface area contributed by atoms with Crippen molar-refractivity contribution in [1.29, 1.82) is 0 Å². The molecule has 5 heteroatoms. The summed E-state index contributed by atoms with van der Waals surface area (Å²) in [4.78, 5) is 19.2. The second-order valence-electron chi connectivity index (χ2n) is 3.33. The standard InChI is InChI=1S/C10H15N3O2/c1-4-15-10-11-5-8(6-12-10)13-9(14)7(2)3/h5-7H,4H2,1-3H3,(H,13,14). The van der Waals surface area contributed by atoms with E-state index in [-0.39, 0.29) is 11.8 Å². The first kappa shape index (κ1) is 11.4. The van der Waals surface area contributed by atoms with Gasteiger partial charge in [-0.05, 0) is 6.92 Å². The van der Waals surface area contributed by atoms with Crippen molar-refractivity contribution < 1.29 is 9.53 Å². The number of aromatic nitrogens is 2. The molecule has 0 bridgehead atoms. The Bertz CT molecular complexity index is 322. The number of nitrogens with zero attached hydrogens (tertiary/aromatic N) is 2. The van der Waals surface area contributed by atoms with Crippen LogP contribution in [0.5, 0.6) is 6.01 Å². The van der Waals surface area contributed by atoms with Gasteiger partial charge in [-0.3, -0.25) is 4.79 Å². The largest absolute Gasteiger partial charge is 0.464 e. The lowest BCUT2D eigenvalue weighted by Gasteiger charge is -2.07. The van der Waals surface area contributed by atoms with Gasteiger partial charge in [-0.1, -0.05) is 13.8 Å². The van der Waals surface area contributed by atoms with Crippen LogP contribution in [0.2, 0.25) is 0 Å². The molecule has 1 aromatic rings. The normalized spacial score (nSPS) is 10.1. The minimum Gasteiger partial charge on any atom is -0.464 e. The van der Waals surface area contributed by atoms with Crippen molar-refractivity contribution in [3.8, 4) is 6.01 Å². The van der Waals surface area contributed by atoms with E-state index in [1.54, 1.807) is 0 Å². The van der Waals surface area contributed by atoms with Crippen LogP contribution in [0.15, 0.2) is 12.4 Å². The first-order chi connectivity index (χ1) is 7.13. The summed E-state index contributed by atoms with van der Waals surface area (Å²) in [6.45, 7) is 6.03. The van der Waals surface area contributed by atoms with Crippen molar-refractivity contribution in [1.82, 2.24) is 9.97 Å². The summed E-state index contributed by atoms with van der Waals surface area (Å²) in [6, 6.07) is 0.319. The van der Waals surface area contributed by atoms with E-state index in [0.717, 1.165) is 0 Å². The van der Waals surface area contributed by atoms with E-state index in [1.807, 2.05) is 20.8 Å². The lowest BCUT2D eigenvalue weighted by Crippen LogP contribution is -2.18. The van der Waals surface area contributed by atoms with Gasteiger partial charge < -0.3 is 10.1 Å². The Morgan fingerprint density at radius 1 is 1.47 bits per heavy atom. The summed E-state index contributed by atoms with van der Waals surface area (Å²) >= 11 is 0. The zero-order chi connectivity index (χ0) is 11.3. The van der Waals surface area contributed by atoms with Gasteiger partial charge in [0, 0.05) is 5.92 Å². The van der Waals surface area contributed by atoms with Crippen LogP contribution in [-0.2, 0) is 4.79 Å². The highest BCUT2D eigenvalue weighted by molar-refractivity contribution is 5.91. The van der Waals surface area contributed by atoms with E-state index >= 15 is 0 Å². The topological polar surface area (TPSA) is 64.1 Å². The Hall–Kier alpha value is -1.65. The van der Waals surface area contributed by atoms with E-state index in [1.165, 1.54) is 12.4 Å². The third-order valence-electron chi connectivity index (χ3n) is 1.69. The van der Waals surface area contributed by atoms with Crippen LogP contribution < -0.4 is 10.1 Å². The Kier molecular flexibility index (Phi) is 4.03. The van der Waals surface area contributed by atoms with Gasteiger partial charge in [0.15, 0.2) is 0 Å². The van der Waals surface area contributed by atoms with E-state index in [0.29, 0.717) is 18.3 Å². The molecule has 0 saturated carbocycles. The molecule has 0 aliphatic rings. The molecule has 0 aliphatic heterocycles. The van der Waals surface area contributed by atoms with E-state index < -0.39 is 0 Å². The quantitative estimate of drug-likeness (QED) is 0.815. The maximum atomic E-state index is 11.3. The van der Waals surface area contributed by atoms with Gasteiger partial charge in [-0.2, -0.15) is 0 Å². The molecule has 0 spiro atoms. The monoisotopic (exact) mass is 209 g/mol. The van der Waals surface area contributed by atoms with Crippen LogP contribution in [0.1, 0.15) is 20.8 Å². The first-order valence-electron chi connectivity index (χ1n) is 4.89. The van der Waals surface area contributed by atoms with Crippen molar-refractivity contribution >= 4 is 11.6 Å². The van der Waals surface area contributed by atoms with Crippen molar-refractivity contribution in [3.05, 3.63) is 12.4 Å². The first-order valence-corrected chi connectivity index (χ1v) is 4.89. The van der Waals surface area contributed by atoms with Gasteiger partial charge in [0.1, 0.15) is 0 Å². The lowest BCUT2D eigenvalue weighted by atomic mass is 10.2. The predicted molar refractivity (Wildman–Crippen MR) is 56.7 cm³/mol. The summed E-state index contributed by atoms with van der Waals surface area (Å²) < 4.78 is 5.08. The molecule has 0 unspecified atom stereocenters. The van der Waals surface area contributed by atoms with Crippen LogP contribution in [0.25, 0.3) is 0 Å². The number of carbonyl (C=O) groups excluding carboxylic acids is 1. The predicted octanol–water partition coefficient (Wildman–Crippen LogP) is 1.47. The fourth-order valence-electron chi connectivity index (χ4n) is 0.871. The Morgan fingerprint density at radius 3 is 2.53 bits per heavy atom. The van der Waals surface area contributed by atoms with Gasteiger partial charge in [0.05, 0.1) is 24.7 Å². The van der Waals surface area contributed by atoms with Crippen molar-refractivity contribution in [2.24, 2.45) is 5.92 Å². The molecular formula is C10H15N3O2. The summed E-state index contributed by atoms with van der Waals surface area (Å²) in [5, 5.41) is 2.69. The van der Waals surface area contributed by atoms with Gasteiger partial charge in [-0.15, -0.1) is 0 Å². The second kappa shape index (κ2) is 5.29. The van der Waals surface area contributed by atoms with Crippen molar-refractivity contribution in [2.45, 2.75) is 20.8 Å². The highest BCUT2D eigenvalue weighted by Crippen LogP contribution is 2.08. The Balaban J connectivity index is 2.60. The molecule has 0 aromatic carbocycles. The van der Waals surface area contributed by atoms with Crippen LogP contribution in [0.3, 0.4) is 0 Å². The minimum absolute atomic E-state index is 0.0530. The van der Waals surface area contributed by atoms with E-state index in [4.69, 9.17) is 4.74 Å². The number of hydrogen-bond donors (Lipinski definition) is 1. The van der Waals surface area contributed by atoms with Crippen LogP contribution in [0, 0.1) is 5.92 Å². The number of anilines is 1. The zero-order valence-electron chi connectivity index (χ0n) is 9.15. The Morgan fingerprint density at radius 2 is 2.07 bits per heavy atom. The summed E-state index contributed by atoms with van der Waals surface area (Å²) in [5.41, 5.74) is 0.581. The molecule has 1 amide bonds. The maximum absolute atomic E-state index is 11.3. The highest BCUT2D eigenvalue weighted by Gasteiger charge is 2.07. The van der Waals surface area contributed by atoms with Gasteiger partial charge in [0.2, 0.25) is 5.91 Å². The van der Waals surface area contributed by atoms with Crippen molar-refractivity contribution in [3.63, 3.8) is 0 Å². The molecule has 82 valence electrons. The SMILES string of the molecule is CCOc1ncc(NC(=O)C(C)C)cn1. The minimum atomic E-state index is -0.0587. The van der Waals surface area contributed by atoms with Crippen LogP contribution in [-0.4, -0.2) is 22.5 Å². The van der Waals surface area contributed by atoms with Gasteiger partial charge in [-0.25, -0.2) is 9.97 Å². The lowest BCUT2D eigenvalue weighted by molar-refractivity contribution is -0.118. The molecule has 1 rings (SSSR count). The van der Waals surface area contributed by atoms with Crippen molar-refractivity contribution in [2.75, 3.05) is 11.9 Å². The van der Waals surface area contributed by atoms with Gasteiger partial charge in [0.25, 0.3) is 0 Å². The number of amides is 1. The number of nitrogens with one attached hydrogen (secondary N) is 1. The molecule has 15 heavy (non-hydrogen) atoms. The van der Waals surface area contributed by atoms with Crippen LogP contribution in [0.4, 0.5) is 5.69 Å². The molecule has 1 N–H and O–H groups in total. The summed E-state index contributed by atoms with van der Waals surface area (Å²) in [5.74, 6) is -0.112. The number of carbonyl (C=O) groups is 1. The average Bonchev–Trinajstić information content (AvgIpc) is 2.21. The average molecular weight is 209 g/mol. The number of ether oxygens (including phenoxy) is 1. The molecule has 5 nitrogen and oxygen atoms in total. The third-order valence-corrected chi connectivity index (χ3v) is 1.69. The molecule has 0 radical (unpaired) electrons. The highest BCUT2D eigenvalue weighted by atomic mass is 16.5. The molecular weight excluding hydrogens is 194 g/mol. The summed E-state index contributed by atoms with van der Waals surface area (Å²) in [6.07, 6.45) is 3.05. The zero-order valence-corrected chi connectivity index (χ0v) is 9.15. The van der Waals surface area contributed by atoms with Crippen LogP contribution >= 0.6 is 0 Å². The smallest absolute Gasteiger partial charge is 0.316 e. The number of hydrogen-bond acceptors (Lipinski definition) is 4. The fraction of sp³-hybridized carbons (Fsp3) is 0.500. The van der Waals surface area contributed by atoms with Gasteiger partial charge >= 0.3 is 6.01 Å². The maximum Gasteiger partial charge on any atom is 0.316 e. The summed E-state index contributed by atoms with van der Waals surface area (Å²) in [7, 11) is 0. The molecule has 0 atom stereocenters. The molecule has 0 fully saturated rings. The number of rotatable bonds is 4. The Labute approximate surface area is 88.9 Å². The molecule has 1 heterocycles. The fourth-order valence-corrected chi connectivity index (χ4v) is 0.871. The molecule has 0 aliphatic carbocycles. The van der Waals surface area contributed by atoms with E-state index in [2.05, 4.69) is 15.3 Å². The molecule has 1 aromatic heterocycles. The molecule has 0 saturated heterocycles. The van der Waals surface area contributed by atoms with E-state index in [9.17, 15) is 4.79 Å². The second-order valence-corrected chi connectivity index (χ2v) is 3.33. The third kappa shape index (κ3) is 3.53.